The molecule has 1 aliphatic carbocycles. The smallest absolute Gasteiger partial charge is 0.261 e. The number of carbonyl (C=O) groups is 1. The second-order valence-electron chi connectivity index (χ2n) is 7.74. The van der Waals surface area contributed by atoms with Gasteiger partial charge in [-0.2, -0.15) is 0 Å². The summed E-state index contributed by atoms with van der Waals surface area (Å²) in [6.07, 6.45) is 6.02. The van der Waals surface area contributed by atoms with Crippen LogP contribution in [0, 0.1) is 0 Å². The summed E-state index contributed by atoms with van der Waals surface area (Å²) in [5, 5.41) is 0. The van der Waals surface area contributed by atoms with Crippen LogP contribution in [0.1, 0.15) is 54.4 Å². The molecule has 0 unspecified atom stereocenters. The van der Waals surface area contributed by atoms with E-state index in [0.29, 0.717) is 22.1 Å². The maximum atomic E-state index is 13.8. The summed E-state index contributed by atoms with van der Waals surface area (Å²) in [6, 6.07) is 15.1. The van der Waals surface area contributed by atoms with Crippen LogP contribution in [0.15, 0.2) is 53.5 Å². The first-order chi connectivity index (χ1) is 14.6. The number of methoxy groups -OCH3 is 2. The fourth-order valence-electron chi connectivity index (χ4n) is 4.39. The Kier molecular flexibility index (Phi) is 5.86. The fourth-order valence-corrected chi connectivity index (χ4v) is 4.81. The number of carbonyl (C=O) groups excluding carboxylic acids is 1. The van der Waals surface area contributed by atoms with Gasteiger partial charge in [-0.25, -0.2) is 0 Å². The Bertz CT molecular complexity index is 979. The van der Waals surface area contributed by atoms with Crippen molar-refractivity contribution in [3.8, 4) is 11.5 Å². The molecule has 0 bridgehead atoms. The van der Waals surface area contributed by atoms with E-state index in [1.165, 1.54) is 0 Å². The number of ether oxygens (including phenoxy) is 2. The maximum Gasteiger partial charge on any atom is 0.261 e. The molecule has 1 aliphatic heterocycles. The quantitative estimate of drug-likeness (QED) is 0.649. The highest BCUT2D eigenvalue weighted by molar-refractivity contribution is 7.82. The van der Waals surface area contributed by atoms with Gasteiger partial charge in [0.05, 0.1) is 14.2 Å². The monoisotopic (exact) mass is 422 g/mol. The Morgan fingerprint density at radius 1 is 0.967 bits per heavy atom. The van der Waals surface area contributed by atoms with Crippen molar-refractivity contribution in [2.45, 2.75) is 44.2 Å². The second-order valence-corrected chi connectivity index (χ2v) is 8.13. The van der Waals surface area contributed by atoms with Crippen molar-refractivity contribution in [2.24, 2.45) is 4.99 Å². The maximum absolute atomic E-state index is 13.8. The molecule has 0 aromatic heterocycles. The van der Waals surface area contributed by atoms with Gasteiger partial charge in [0.2, 0.25) is 0 Å². The molecule has 1 heterocycles. The number of hydrogen-bond acceptors (Lipinski definition) is 5. The van der Waals surface area contributed by atoms with Gasteiger partial charge in [-0.05, 0) is 43.9 Å². The lowest BCUT2D eigenvalue weighted by Crippen LogP contribution is -2.49. The van der Waals surface area contributed by atoms with Gasteiger partial charge in [-0.1, -0.05) is 55.4 Å². The number of benzene rings is 2. The molecule has 1 spiro atoms. The van der Waals surface area contributed by atoms with Crippen molar-refractivity contribution < 1.29 is 14.3 Å². The van der Waals surface area contributed by atoms with Crippen LogP contribution >= 0.6 is 12.2 Å². The van der Waals surface area contributed by atoms with E-state index in [9.17, 15) is 4.79 Å². The van der Waals surface area contributed by atoms with E-state index >= 15 is 0 Å². The number of aliphatic imine (C=N–C) groups is 1. The largest absolute Gasteiger partial charge is 0.493 e. The van der Waals surface area contributed by atoms with Crippen molar-refractivity contribution in [3.05, 3.63) is 59.7 Å². The van der Waals surface area contributed by atoms with Gasteiger partial charge in [0, 0.05) is 11.1 Å². The minimum absolute atomic E-state index is 0.141. The number of hydrogen-bond donors (Lipinski definition) is 0. The lowest BCUT2D eigenvalue weighted by molar-refractivity contribution is 0.0691. The van der Waals surface area contributed by atoms with Gasteiger partial charge in [0.1, 0.15) is 16.4 Å². The molecule has 2 aliphatic rings. The van der Waals surface area contributed by atoms with E-state index in [1.54, 1.807) is 37.3 Å². The minimum Gasteiger partial charge on any atom is -0.493 e. The molecule has 1 fully saturated rings. The summed E-state index contributed by atoms with van der Waals surface area (Å²) in [6.45, 7) is 0. The van der Waals surface area contributed by atoms with Crippen LogP contribution in [0.3, 0.4) is 0 Å². The van der Waals surface area contributed by atoms with Crippen molar-refractivity contribution in [1.29, 1.82) is 0 Å². The molecular weight excluding hydrogens is 396 g/mol. The van der Waals surface area contributed by atoms with Gasteiger partial charge >= 0.3 is 0 Å². The van der Waals surface area contributed by atoms with Crippen LogP contribution in [-0.2, 0) is 0 Å². The Balaban J connectivity index is 1.77. The molecular formula is C24H26N2O3S. The zero-order chi connectivity index (χ0) is 21.1. The normalized spacial score (nSPS) is 18.1. The molecule has 2 aromatic rings. The average Bonchev–Trinajstić information content (AvgIpc) is 2.92. The lowest BCUT2D eigenvalue weighted by atomic mass is 9.98. The Morgan fingerprint density at radius 3 is 2.27 bits per heavy atom. The standard InChI is InChI=1S/C24H26N2O3S/c1-28-19-13-12-18(16-20(19)29-2)22(27)26-23(30)21(17-10-6-5-7-11-17)25-24(26)14-8-3-4-9-15-24/h5-7,10-13,16H,3-4,8-9,14-15H2,1-2H3. The van der Waals surface area contributed by atoms with E-state index < -0.39 is 5.66 Å². The molecule has 1 saturated carbocycles. The first-order valence-electron chi connectivity index (χ1n) is 10.4. The van der Waals surface area contributed by atoms with Crippen LogP contribution in [0.2, 0.25) is 0 Å². The molecule has 30 heavy (non-hydrogen) atoms. The molecule has 2 aromatic carbocycles. The van der Waals surface area contributed by atoms with Crippen LogP contribution in [0.25, 0.3) is 0 Å². The topological polar surface area (TPSA) is 51.1 Å². The third kappa shape index (κ3) is 3.60. The summed E-state index contributed by atoms with van der Waals surface area (Å²) in [4.78, 5) is 21.1. The third-order valence-corrected chi connectivity index (χ3v) is 6.30. The summed E-state index contributed by atoms with van der Waals surface area (Å²) < 4.78 is 10.7. The molecule has 4 rings (SSSR count). The lowest BCUT2D eigenvalue weighted by Gasteiger charge is -2.35. The van der Waals surface area contributed by atoms with Crippen molar-refractivity contribution in [1.82, 2.24) is 4.90 Å². The van der Waals surface area contributed by atoms with Crippen molar-refractivity contribution >= 4 is 28.8 Å². The van der Waals surface area contributed by atoms with Gasteiger partial charge in [0.25, 0.3) is 5.91 Å². The van der Waals surface area contributed by atoms with Gasteiger partial charge in [0.15, 0.2) is 11.5 Å². The molecule has 0 radical (unpaired) electrons. The van der Waals surface area contributed by atoms with Crippen LogP contribution in [0.4, 0.5) is 0 Å². The third-order valence-electron chi connectivity index (χ3n) is 5.93. The van der Waals surface area contributed by atoms with E-state index in [0.717, 1.165) is 49.8 Å². The predicted octanol–water partition coefficient (Wildman–Crippen LogP) is 5.03. The molecule has 0 N–H and O–H groups in total. The Morgan fingerprint density at radius 2 is 1.63 bits per heavy atom. The Hall–Kier alpha value is -2.73. The number of thiocarbonyl (C=S) groups is 1. The molecule has 0 saturated heterocycles. The number of amides is 1. The highest BCUT2D eigenvalue weighted by atomic mass is 32.1. The zero-order valence-electron chi connectivity index (χ0n) is 17.4. The molecule has 1 amide bonds. The molecule has 156 valence electrons. The summed E-state index contributed by atoms with van der Waals surface area (Å²) in [5.74, 6) is 0.966. The Labute approximate surface area is 182 Å². The predicted molar refractivity (Wildman–Crippen MR) is 122 cm³/mol. The highest BCUT2D eigenvalue weighted by Crippen LogP contribution is 2.40. The van der Waals surface area contributed by atoms with Crippen LogP contribution in [0.5, 0.6) is 11.5 Å². The summed E-state index contributed by atoms with van der Waals surface area (Å²) >= 11 is 5.85. The second kappa shape index (κ2) is 8.56. The van der Waals surface area contributed by atoms with E-state index in [4.69, 9.17) is 26.7 Å². The SMILES string of the molecule is COc1ccc(C(=O)N2C(=S)C(c3ccccc3)=NC23CCCCCC3)cc1OC. The zero-order valence-corrected chi connectivity index (χ0v) is 18.2. The first kappa shape index (κ1) is 20.5. The average molecular weight is 423 g/mol. The minimum atomic E-state index is -0.608. The fraction of sp³-hybridized carbons (Fsp3) is 0.375. The molecule has 5 nitrogen and oxygen atoms in total. The van der Waals surface area contributed by atoms with Gasteiger partial charge < -0.3 is 9.47 Å². The van der Waals surface area contributed by atoms with Crippen molar-refractivity contribution in [3.63, 3.8) is 0 Å². The van der Waals surface area contributed by atoms with Crippen LogP contribution in [-0.4, -0.2) is 41.4 Å². The van der Waals surface area contributed by atoms with E-state index in [2.05, 4.69) is 0 Å². The van der Waals surface area contributed by atoms with Crippen LogP contribution < -0.4 is 9.47 Å². The van der Waals surface area contributed by atoms with Gasteiger partial charge in [-0.3, -0.25) is 14.7 Å². The summed E-state index contributed by atoms with van der Waals surface area (Å²) in [5.41, 5.74) is 1.60. The van der Waals surface area contributed by atoms with Gasteiger partial charge in [-0.15, -0.1) is 0 Å². The first-order valence-corrected chi connectivity index (χ1v) is 10.8. The molecule has 0 atom stereocenters. The molecule has 6 heteroatoms. The number of rotatable bonds is 4. The highest BCUT2D eigenvalue weighted by Gasteiger charge is 2.48. The van der Waals surface area contributed by atoms with Crippen molar-refractivity contribution in [2.75, 3.05) is 14.2 Å². The van der Waals surface area contributed by atoms with E-state index in [1.807, 2.05) is 30.3 Å². The summed E-state index contributed by atoms with van der Waals surface area (Å²) in [7, 11) is 3.14. The number of nitrogens with zero attached hydrogens (tertiary/aromatic N) is 2. The van der Waals surface area contributed by atoms with E-state index in [-0.39, 0.29) is 5.91 Å².